The minimum Gasteiger partial charge on any atom is -0.317 e. The van der Waals surface area contributed by atoms with Crippen molar-refractivity contribution in [2.24, 2.45) is 0 Å². The molecule has 0 aromatic rings. The van der Waals surface area contributed by atoms with Crippen molar-refractivity contribution in [2.75, 3.05) is 46.8 Å². The van der Waals surface area contributed by atoms with E-state index in [9.17, 15) is 0 Å². The van der Waals surface area contributed by atoms with Gasteiger partial charge in [-0.05, 0) is 72.5 Å². The van der Waals surface area contributed by atoms with Crippen molar-refractivity contribution in [1.82, 2.24) is 15.1 Å². The molecule has 1 rings (SSSR count). The maximum Gasteiger partial charge on any atom is 0.0117 e. The van der Waals surface area contributed by atoms with Crippen LogP contribution in [0.15, 0.2) is 0 Å². The van der Waals surface area contributed by atoms with Gasteiger partial charge in [-0.3, -0.25) is 0 Å². The number of nitrogens with one attached hydrogen (secondary N) is 1. The molecule has 3 heteroatoms. The van der Waals surface area contributed by atoms with Crippen LogP contribution in [0.5, 0.6) is 0 Å². The van der Waals surface area contributed by atoms with Gasteiger partial charge in [0.15, 0.2) is 0 Å². The van der Waals surface area contributed by atoms with Gasteiger partial charge < -0.3 is 15.1 Å². The Morgan fingerprint density at radius 2 is 1.94 bits per heavy atom. The smallest absolute Gasteiger partial charge is 0.0117 e. The van der Waals surface area contributed by atoms with E-state index in [-0.39, 0.29) is 0 Å². The van der Waals surface area contributed by atoms with Crippen LogP contribution >= 0.6 is 0 Å². The zero-order valence-corrected chi connectivity index (χ0v) is 11.3. The van der Waals surface area contributed by atoms with Crippen LogP contribution in [0.1, 0.15) is 32.6 Å². The first-order chi connectivity index (χ1) is 7.74. The zero-order valence-electron chi connectivity index (χ0n) is 11.3. The van der Waals surface area contributed by atoms with Gasteiger partial charge in [-0.1, -0.05) is 6.92 Å². The molecule has 0 unspecified atom stereocenters. The Kier molecular flexibility index (Phi) is 7.01. The van der Waals surface area contributed by atoms with E-state index in [1.54, 1.807) is 0 Å². The highest BCUT2D eigenvalue weighted by Crippen LogP contribution is 2.13. The molecule has 0 aliphatic carbocycles. The van der Waals surface area contributed by atoms with Crippen LogP contribution in [0.25, 0.3) is 0 Å². The quantitative estimate of drug-likeness (QED) is 0.663. The Hall–Kier alpha value is -0.120. The number of hydrogen-bond donors (Lipinski definition) is 1. The molecule has 0 aromatic heterocycles. The molecule has 1 aliphatic rings. The molecule has 1 heterocycles. The highest BCUT2D eigenvalue weighted by molar-refractivity contribution is 4.76. The summed E-state index contributed by atoms with van der Waals surface area (Å²) in [4.78, 5) is 4.99. The van der Waals surface area contributed by atoms with Gasteiger partial charge in [0.05, 0.1) is 0 Å². The van der Waals surface area contributed by atoms with E-state index in [0.717, 1.165) is 12.6 Å². The van der Waals surface area contributed by atoms with Crippen LogP contribution < -0.4 is 5.32 Å². The van der Waals surface area contributed by atoms with Crippen molar-refractivity contribution in [3.8, 4) is 0 Å². The van der Waals surface area contributed by atoms with Crippen molar-refractivity contribution >= 4 is 0 Å². The molecule has 1 N–H and O–H groups in total. The molecule has 0 aromatic carbocycles. The number of rotatable bonds is 7. The average Bonchev–Trinajstić information content (AvgIpc) is 2.29. The summed E-state index contributed by atoms with van der Waals surface area (Å²) < 4.78 is 0. The Bertz CT molecular complexity index is 165. The lowest BCUT2D eigenvalue weighted by Crippen LogP contribution is -2.42. The van der Waals surface area contributed by atoms with E-state index in [4.69, 9.17) is 0 Å². The molecule has 96 valence electrons. The van der Waals surface area contributed by atoms with E-state index >= 15 is 0 Å². The van der Waals surface area contributed by atoms with Gasteiger partial charge >= 0.3 is 0 Å². The van der Waals surface area contributed by atoms with Crippen LogP contribution in [0.4, 0.5) is 0 Å². The maximum atomic E-state index is 3.47. The van der Waals surface area contributed by atoms with Crippen LogP contribution in [0.3, 0.4) is 0 Å². The topological polar surface area (TPSA) is 18.5 Å². The molecule has 1 aliphatic heterocycles. The molecule has 3 nitrogen and oxygen atoms in total. The third kappa shape index (κ3) is 5.28. The number of likely N-dealkylation sites (tertiary alicyclic amines) is 1. The van der Waals surface area contributed by atoms with Crippen LogP contribution in [-0.4, -0.2) is 62.7 Å². The minimum atomic E-state index is 0.822. The van der Waals surface area contributed by atoms with Crippen molar-refractivity contribution < 1.29 is 0 Å². The third-order valence-electron chi connectivity index (χ3n) is 3.60. The van der Waals surface area contributed by atoms with E-state index in [2.05, 4.69) is 36.1 Å². The molecule has 16 heavy (non-hydrogen) atoms. The molecular weight excluding hydrogens is 198 g/mol. The summed E-state index contributed by atoms with van der Waals surface area (Å²) in [6, 6.07) is 0.822. The Morgan fingerprint density at radius 1 is 1.25 bits per heavy atom. The fraction of sp³-hybridized carbons (Fsp3) is 1.00. The van der Waals surface area contributed by atoms with Crippen LogP contribution in [0, 0.1) is 0 Å². The molecule has 0 amide bonds. The molecule has 0 bridgehead atoms. The number of hydrogen-bond acceptors (Lipinski definition) is 3. The lowest BCUT2D eigenvalue weighted by molar-refractivity contribution is 0.143. The lowest BCUT2D eigenvalue weighted by atomic mass is 10.0. The predicted octanol–water partition coefficient (Wildman–Crippen LogP) is 1.40. The van der Waals surface area contributed by atoms with Gasteiger partial charge in [0.2, 0.25) is 0 Å². The van der Waals surface area contributed by atoms with Crippen molar-refractivity contribution in [3.05, 3.63) is 0 Å². The second-order valence-corrected chi connectivity index (χ2v) is 5.12. The normalized spacial score (nSPS) is 19.5. The molecule has 1 saturated heterocycles. The Labute approximate surface area is 101 Å². The maximum absolute atomic E-state index is 3.47. The minimum absolute atomic E-state index is 0.822. The molecule has 0 saturated carbocycles. The van der Waals surface area contributed by atoms with Gasteiger partial charge in [0, 0.05) is 6.04 Å². The van der Waals surface area contributed by atoms with Gasteiger partial charge in [-0.2, -0.15) is 0 Å². The summed E-state index contributed by atoms with van der Waals surface area (Å²) in [5.74, 6) is 0. The molecular formula is C13H29N3. The van der Waals surface area contributed by atoms with Gasteiger partial charge in [0.25, 0.3) is 0 Å². The average molecular weight is 227 g/mol. The molecule has 0 atom stereocenters. The van der Waals surface area contributed by atoms with E-state index in [0.29, 0.717) is 0 Å². The predicted molar refractivity (Wildman–Crippen MR) is 70.9 cm³/mol. The highest BCUT2D eigenvalue weighted by atomic mass is 15.2. The van der Waals surface area contributed by atoms with Crippen LogP contribution in [0.2, 0.25) is 0 Å². The first-order valence-electron chi connectivity index (χ1n) is 6.83. The lowest BCUT2D eigenvalue weighted by Gasteiger charge is -2.35. The summed E-state index contributed by atoms with van der Waals surface area (Å²) in [5, 5.41) is 3.47. The summed E-state index contributed by atoms with van der Waals surface area (Å²) in [6.07, 6.45) is 5.21. The molecule has 0 radical (unpaired) electrons. The standard InChI is InChI=1S/C13H29N3/c1-4-8-14-9-5-10-16(3)13-6-11-15(2)12-7-13/h13-14H,4-12H2,1-3H3. The van der Waals surface area contributed by atoms with Crippen molar-refractivity contribution in [2.45, 2.75) is 38.6 Å². The SMILES string of the molecule is CCCNCCCN(C)C1CCN(C)CC1. The third-order valence-corrected chi connectivity index (χ3v) is 3.60. The largest absolute Gasteiger partial charge is 0.317 e. The van der Waals surface area contributed by atoms with Gasteiger partial charge in [0.1, 0.15) is 0 Å². The van der Waals surface area contributed by atoms with Crippen molar-refractivity contribution in [3.63, 3.8) is 0 Å². The van der Waals surface area contributed by atoms with Crippen molar-refractivity contribution in [1.29, 1.82) is 0 Å². The van der Waals surface area contributed by atoms with E-state index < -0.39 is 0 Å². The summed E-state index contributed by atoms with van der Waals surface area (Å²) in [6.45, 7) is 8.33. The van der Waals surface area contributed by atoms with E-state index in [1.807, 2.05) is 0 Å². The number of piperidine rings is 1. The summed E-state index contributed by atoms with van der Waals surface area (Å²) in [5.41, 5.74) is 0. The monoisotopic (exact) mass is 227 g/mol. The molecule has 0 spiro atoms. The first kappa shape index (κ1) is 13.9. The van der Waals surface area contributed by atoms with Gasteiger partial charge in [-0.25, -0.2) is 0 Å². The van der Waals surface area contributed by atoms with E-state index in [1.165, 1.54) is 51.9 Å². The van der Waals surface area contributed by atoms with Crippen LogP contribution in [-0.2, 0) is 0 Å². The fourth-order valence-corrected chi connectivity index (χ4v) is 2.37. The second kappa shape index (κ2) is 8.04. The van der Waals surface area contributed by atoms with Gasteiger partial charge in [-0.15, -0.1) is 0 Å². The summed E-state index contributed by atoms with van der Waals surface area (Å²) >= 11 is 0. The molecule has 1 fully saturated rings. The zero-order chi connectivity index (χ0) is 11.8. The number of nitrogens with zero attached hydrogens (tertiary/aromatic N) is 2. The summed E-state index contributed by atoms with van der Waals surface area (Å²) in [7, 11) is 4.51. The second-order valence-electron chi connectivity index (χ2n) is 5.12. The highest BCUT2D eigenvalue weighted by Gasteiger charge is 2.19. The Balaban J connectivity index is 2.03. The Morgan fingerprint density at radius 3 is 2.56 bits per heavy atom. The first-order valence-corrected chi connectivity index (χ1v) is 6.83. The fourth-order valence-electron chi connectivity index (χ4n) is 2.37.